The minimum absolute atomic E-state index is 0.134. The first-order chi connectivity index (χ1) is 12.9. The van der Waals surface area contributed by atoms with Crippen LogP contribution in [0, 0.1) is 5.92 Å². The molecule has 1 unspecified atom stereocenters. The molecular weight excluding hydrogens is 340 g/mol. The van der Waals surface area contributed by atoms with Gasteiger partial charge in [0.25, 0.3) is 0 Å². The molecule has 1 aliphatic carbocycles. The summed E-state index contributed by atoms with van der Waals surface area (Å²) in [6, 6.07) is 11.3. The molecule has 1 saturated carbocycles. The Morgan fingerprint density at radius 2 is 1.70 bits per heavy atom. The number of aryl methyl sites for hydroxylation is 1. The second-order valence-corrected chi connectivity index (χ2v) is 7.76. The molecule has 150 valence electrons. The molecule has 27 heavy (non-hydrogen) atoms. The lowest BCUT2D eigenvalue weighted by molar-refractivity contribution is -0.160. The molecule has 1 fully saturated rings. The first kappa shape index (κ1) is 21.4. The largest absolute Gasteiger partial charge is 0.459 e. The van der Waals surface area contributed by atoms with Crippen LogP contribution in [0.4, 0.5) is 0 Å². The van der Waals surface area contributed by atoms with E-state index in [1.807, 2.05) is 0 Å². The van der Waals surface area contributed by atoms with Gasteiger partial charge in [0.15, 0.2) is 0 Å². The van der Waals surface area contributed by atoms with Gasteiger partial charge < -0.3 is 14.5 Å². The third kappa shape index (κ3) is 6.06. The number of rotatable bonds is 7. The molecule has 1 atom stereocenters. The van der Waals surface area contributed by atoms with Gasteiger partial charge in [-0.2, -0.15) is 0 Å². The summed E-state index contributed by atoms with van der Waals surface area (Å²) in [6.45, 7) is 1.95. The average Bonchev–Trinajstić information content (AvgIpc) is 2.68. The van der Waals surface area contributed by atoms with Gasteiger partial charge in [-0.05, 0) is 71.0 Å². The molecule has 1 amide bonds. The fourth-order valence-corrected chi connectivity index (χ4v) is 4.25. The standard InChI is InChI=1S/C22H34N2O3/c1-5-27-22(26)21(25)24(4)19-14-12-18(13-15-19)20(23(2)3)16-11-17-9-7-6-8-10-17/h6-10,18-20H,5,11-16H2,1-4H3. The average molecular weight is 375 g/mol. The lowest BCUT2D eigenvalue weighted by Crippen LogP contribution is -2.45. The van der Waals surface area contributed by atoms with Crippen LogP contribution >= 0.6 is 0 Å². The molecule has 0 spiro atoms. The van der Waals surface area contributed by atoms with Gasteiger partial charge in [0.2, 0.25) is 0 Å². The topological polar surface area (TPSA) is 49.9 Å². The SMILES string of the molecule is CCOC(=O)C(=O)N(C)C1CCC(C(CCc2ccccc2)N(C)C)CC1. The Labute approximate surface area is 163 Å². The van der Waals surface area contributed by atoms with Crippen molar-refractivity contribution < 1.29 is 14.3 Å². The highest BCUT2D eigenvalue weighted by Crippen LogP contribution is 2.32. The van der Waals surface area contributed by atoms with E-state index in [1.54, 1.807) is 18.9 Å². The number of benzene rings is 1. The first-order valence-corrected chi connectivity index (χ1v) is 10.1. The molecule has 0 heterocycles. The summed E-state index contributed by atoms with van der Waals surface area (Å²) in [5, 5.41) is 0. The first-order valence-electron chi connectivity index (χ1n) is 10.1. The predicted octanol–water partition coefficient (Wildman–Crippen LogP) is 3.13. The van der Waals surface area contributed by atoms with Crippen molar-refractivity contribution in [3.8, 4) is 0 Å². The summed E-state index contributed by atoms with van der Waals surface area (Å²) in [7, 11) is 6.05. The van der Waals surface area contributed by atoms with Gasteiger partial charge in [-0.1, -0.05) is 30.3 Å². The Morgan fingerprint density at radius 1 is 1.07 bits per heavy atom. The van der Waals surface area contributed by atoms with E-state index in [1.165, 1.54) is 5.56 Å². The van der Waals surface area contributed by atoms with Crippen molar-refractivity contribution in [3.63, 3.8) is 0 Å². The smallest absolute Gasteiger partial charge is 0.397 e. The normalized spacial score (nSPS) is 20.9. The van der Waals surface area contributed by atoms with E-state index in [9.17, 15) is 9.59 Å². The number of carbonyl (C=O) groups is 2. The third-order valence-electron chi connectivity index (χ3n) is 5.84. The fourth-order valence-electron chi connectivity index (χ4n) is 4.25. The van der Waals surface area contributed by atoms with Crippen LogP contribution in [0.25, 0.3) is 0 Å². The number of carbonyl (C=O) groups excluding carboxylic acids is 2. The maximum atomic E-state index is 12.2. The van der Waals surface area contributed by atoms with Crippen molar-refractivity contribution >= 4 is 11.9 Å². The lowest BCUT2D eigenvalue weighted by atomic mass is 9.79. The van der Waals surface area contributed by atoms with Gasteiger partial charge in [-0.15, -0.1) is 0 Å². The molecule has 0 aliphatic heterocycles. The number of likely N-dealkylation sites (N-methyl/N-ethyl adjacent to an activating group) is 1. The molecule has 5 heteroatoms. The van der Waals surface area contributed by atoms with Crippen LogP contribution in [0.5, 0.6) is 0 Å². The fraction of sp³-hybridized carbons (Fsp3) is 0.636. The van der Waals surface area contributed by atoms with E-state index in [0.29, 0.717) is 12.0 Å². The number of hydrogen-bond acceptors (Lipinski definition) is 4. The lowest BCUT2D eigenvalue weighted by Gasteiger charge is -2.39. The van der Waals surface area contributed by atoms with E-state index in [0.717, 1.165) is 38.5 Å². The zero-order valence-corrected chi connectivity index (χ0v) is 17.2. The van der Waals surface area contributed by atoms with Crippen molar-refractivity contribution in [1.29, 1.82) is 0 Å². The Bertz CT molecular complexity index is 595. The summed E-state index contributed by atoms with van der Waals surface area (Å²) in [4.78, 5) is 27.8. The summed E-state index contributed by atoms with van der Waals surface area (Å²) in [6.07, 6.45) is 6.30. The van der Waals surface area contributed by atoms with Crippen molar-refractivity contribution in [1.82, 2.24) is 9.80 Å². The van der Waals surface area contributed by atoms with Gasteiger partial charge in [0, 0.05) is 19.1 Å². The van der Waals surface area contributed by atoms with Crippen LogP contribution in [-0.4, -0.2) is 61.5 Å². The number of hydrogen-bond donors (Lipinski definition) is 0. The van der Waals surface area contributed by atoms with E-state index < -0.39 is 11.9 Å². The van der Waals surface area contributed by atoms with Gasteiger partial charge in [0.05, 0.1) is 6.61 Å². The molecule has 0 bridgehead atoms. The summed E-state index contributed by atoms with van der Waals surface area (Å²) >= 11 is 0. The third-order valence-corrected chi connectivity index (χ3v) is 5.84. The van der Waals surface area contributed by atoms with Crippen molar-refractivity contribution in [2.45, 2.75) is 57.5 Å². The van der Waals surface area contributed by atoms with Crippen molar-refractivity contribution in [3.05, 3.63) is 35.9 Å². The molecular formula is C22H34N2O3. The zero-order valence-electron chi connectivity index (χ0n) is 17.2. The van der Waals surface area contributed by atoms with Crippen molar-refractivity contribution in [2.24, 2.45) is 5.92 Å². The van der Waals surface area contributed by atoms with E-state index in [-0.39, 0.29) is 12.6 Å². The second kappa shape index (κ2) is 10.5. The summed E-state index contributed by atoms with van der Waals surface area (Å²) < 4.78 is 4.84. The molecule has 0 saturated heterocycles. The number of esters is 1. The molecule has 1 aromatic carbocycles. The molecule has 5 nitrogen and oxygen atoms in total. The minimum Gasteiger partial charge on any atom is -0.459 e. The Kier molecular flexibility index (Phi) is 8.29. The Balaban J connectivity index is 1.87. The minimum atomic E-state index is -0.740. The predicted molar refractivity (Wildman–Crippen MR) is 107 cm³/mol. The Hall–Kier alpha value is -1.88. The quantitative estimate of drug-likeness (QED) is 0.543. The van der Waals surface area contributed by atoms with Gasteiger partial charge in [-0.25, -0.2) is 4.79 Å². The molecule has 1 aromatic rings. The van der Waals surface area contributed by atoms with Crippen LogP contribution in [0.1, 0.15) is 44.6 Å². The highest BCUT2D eigenvalue weighted by atomic mass is 16.5. The van der Waals surface area contributed by atoms with Gasteiger partial charge in [0.1, 0.15) is 0 Å². The summed E-state index contributed by atoms with van der Waals surface area (Å²) in [5.74, 6) is -0.629. The maximum absolute atomic E-state index is 12.2. The van der Waals surface area contributed by atoms with Crippen LogP contribution < -0.4 is 0 Å². The summed E-state index contributed by atoms with van der Waals surface area (Å²) in [5.41, 5.74) is 1.39. The molecule has 0 aromatic heterocycles. The monoisotopic (exact) mass is 374 g/mol. The van der Waals surface area contributed by atoms with Crippen LogP contribution in [-0.2, 0) is 20.7 Å². The highest BCUT2D eigenvalue weighted by molar-refractivity contribution is 6.32. The zero-order chi connectivity index (χ0) is 19.8. The second-order valence-electron chi connectivity index (χ2n) is 7.76. The van der Waals surface area contributed by atoms with E-state index >= 15 is 0 Å². The van der Waals surface area contributed by atoms with Crippen molar-refractivity contribution in [2.75, 3.05) is 27.7 Å². The van der Waals surface area contributed by atoms with Crippen LogP contribution in [0.2, 0.25) is 0 Å². The number of amides is 1. The van der Waals surface area contributed by atoms with E-state index in [4.69, 9.17) is 4.74 Å². The van der Waals surface area contributed by atoms with Gasteiger partial charge >= 0.3 is 11.9 Å². The molecule has 2 rings (SSSR count). The molecule has 0 N–H and O–H groups in total. The van der Waals surface area contributed by atoms with Gasteiger partial charge in [-0.3, -0.25) is 4.79 Å². The maximum Gasteiger partial charge on any atom is 0.397 e. The van der Waals surface area contributed by atoms with Crippen LogP contribution in [0.15, 0.2) is 30.3 Å². The molecule has 0 radical (unpaired) electrons. The number of nitrogens with zero attached hydrogens (tertiary/aromatic N) is 2. The van der Waals surface area contributed by atoms with E-state index in [2.05, 4.69) is 49.3 Å². The Morgan fingerprint density at radius 3 is 2.26 bits per heavy atom. The molecule has 1 aliphatic rings. The number of ether oxygens (including phenoxy) is 1. The highest BCUT2D eigenvalue weighted by Gasteiger charge is 2.33. The van der Waals surface area contributed by atoms with Crippen LogP contribution in [0.3, 0.4) is 0 Å².